The van der Waals surface area contributed by atoms with Crippen LogP contribution in [0.5, 0.6) is 0 Å². The lowest BCUT2D eigenvalue weighted by molar-refractivity contribution is 0.0730. The SMILES string of the molecule is CN=C(NCCOCCOC)N1CCC(c2ccccc2)C(C)C1.I. The van der Waals surface area contributed by atoms with Crippen LogP contribution in [-0.2, 0) is 9.47 Å². The molecule has 25 heavy (non-hydrogen) atoms. The van der Waals surface area contributed by atoms with Crippen LogP contribution in [0.2, 0.25) is 0 Å². The van der Waals surface area contributed by atoms with E-state index in [9.17, 15) is 0 Å². The predicted molar refractivity (Wildman–Crippen MR) is 114 cm³/mol. The predicted octanol–water partition coefficient (Wildman–Crippen LogP) is 2.97. The Morgan fingerprint density at radius 1 is 1.24 bits per heavy atom. The molecular formula is C19H32IN3O2. The Balaban J connectivity index is 0.00000312. The van der Waals surface area contributed by atoms with Gasteiger partial charge in [-0.25, -0.2) is 0 Å². The van der Waals surface area contributed by atoms with E-state index in [0.29, 0.717) is 31.7 Å². The maximum Gasteiger partial charge on any atom is 0.193 e. The van der Waals surface area contributed by atoms with Crippen molar-refractivity contribution in [3.05, 3.63) is 35.9 Å². The minimum atomic E-state index is 0. The molecule has 2 rings (SSSR count). The summed E-state index contributed by atoms with van der Waals surface area (Å²) in [5, 5.41) is 3.40. The van der Waals surface area contributed by atoms with Crippen LogP contribution in [0.3, 0.4) is 0 Å². The van der Waals surface area contributed by atoms with Crippen molar-refractivity contribution in [3.8, 4) is 0 Å². The van der Waals surface area contributed by atoms with Gasteiger partial charge in [-0.1, -0.05) is 37.3 Å². The van der Waals surface area contributed by atoms with E-state index < -0.39 is 0 Å². The Bertz CT molecular complexity index is 499. The molecule has 2 unspecified atom stereocenters. The summed E-state index contributed by atoms with van der Waals surface area (Å²) in [6, 6.07) is 10.9. The number of ether oxygens (including phenoxy) is 2. The Labute approximate surface area is 169 Å². The van der Waals surface area contributed by atoms with Crippen LogP contribution >= 0.6 is 24.0 Å². The van der Waals surface area contributed by atoms with E-state index in [1.807, 2.05) is 7.05 Å². The first kappa shape index (κ1) is 22.2. The Morgan fingerprint density at radius 2 is 2.00 bits per heavy atom. The maximum absolute atomic E-state index is 5.49. The molecule has 0 amide bonds. The largest absolute Gasteiger partial charge is 0.382 e. The average molecular weight is 461 g/mol. The van der Waals surface area contributed by atoms with E-state index >= 15 is 0 Å². The molecule has 6 heteroatoms. The fourth-order valence-corrected chi connectivity index (χ4v) is 3.35. The molecule has 0 bridgehead atoms. The lowest BCUT2D eigenvalue weighted by atomic mass is 9.82. The van der Waals surface area contributed by atoms with Crippen molar-refractivity contribution in [2.24, 2.45) is 10.9 Å². The monoisotopic (exact) mass is 461 g/mol. The van der Waals surface area contributed by atoms with E-state index in [2.05, 4.69) is 52.5 Å². The highest BCUT2D eigenvalue weighted by Gasteiger charge is 2.28. The Hall–Kier alpha value is -0.860. The number of methoxy groups -OCH3 is 1. The second-order valence-electron chi connectivity index (χ2n) is 6.31. The van der Waals surface area contributed by atoms with Gasteiger partial charge in [0.2, 0.25) is 0 Å². The molecule has 0 spiro atoms. The molecule has 1 heterocycles. The third-order valence-electron chi connectivity index (χ3n) is 4.61. The second-order valence-corrected chi connectivity index (χ2v) is 6.31. The average Bonchev–Trinajstić information content (AvgIpc) is 2.62. The van der Waals surface area contributed by atoms with E-state index in [4.69, 9.17) is 9.47 Å². The van der Waals surface area contributed by atoms with Crippen LogP contribution in [0.4, 0.5) is 0 Å². The summed E-state index contributed by atoms with van der Waals surface area (Å²) in [5.74, 6) is 2.22. The van der Waals surface area contributed by atoms with Gasteiger partial charge in [-0.2, -0.15) is 0 Å². The summed E-state index contributed by atoms with van der Waals surface area (Å²) < 4.78 is 10.5. The number of likely N-dealkylation sites (tertiary alicyclic amines) is 1. The van der Waals surface area contributed by atoms with Crippen molar-refractivity contribution < 1.29 is 9.47 Å². The number of guanidine groups is 1. The maximum atomic E-state index is 5.49. The van der Waals surface area contributed by atoms with Gasteiger partial charge in [0.05, 0.1) is 19.8 Å². The summed E-state index contributed by atoms with van der Waals surface area (Å²) >= 11 is 0. The molecule has 1 N–H and O–H groups in total. The standard InChI is InChI=1S/C19H31N3O2.HI/c1-16-15-22(11-9-18(16)17-7-5-4-6-8-17)19(20-2)21-10-12-24-14-13-23-3;/h4-8,16,18H,9-15H2,1-3H3,(H,20,21);1H. The first-order valence-electron chi connectivity index (χ1n) is 8.83. The van der Waals surface area contributed by atoms with Gasteiger partial charge in [-0.05, 0) is 23.8 Å². The molecule has 1 saturated heterocycles. The lowest BCUT2D eigenvalue weighted by Crippen LogP contribution is -2.48. The molecule has 1 aliphatic heterocycles. The van der Waals surface area contributed by atoms with Gasteiger partial charge >= 0.3 is 0 Å². The number of hydrogen-bond acceptors (Lipinski definition) is 3. The highest BCUT2D eigenvalue weighted by Crippen LogP contribution is 2.32. The van der Waals surface area contributed by atoms with Gasteiger partial charge in [0.15, 0.2) is 5.96 Å². The first-order valence-corrected chi connectivity index (χ1v) is 8.83. The Morgan fingerprint density at radius 3 is 2.64 bits per heavy atom. The minimum Gasteiger partial charge on any atom is -0.382 e. The molecule has 1 aromatic carbocycles. The molecule has 1 aliphatic rings. The van der Waals surface area contributed by atoms with E-state index in [1.165, 1.54) is 5.56 Å². The van der Waals surface area contributed by atoms with Crippen molar-refractivity contribution in [2.45, 2.75) is 19.3 Å². The quantitative estimate of drug-likeness (QED) is 0.294. The number of halogens is 1. The van der Waals surface area contributed by atoms with Gasteiger partial charge in [0.1, 0.15) is 0 Å². The zero-order valence-electron chi connectivity index (χ0n) is 15.6. The molecule has 1 aromatic rings. The highest BCUT2D eigenvalue weighted by molar-refractivity contribution is 14.0. The van der Waals surface area contributed by atoms with Crippen molar-refractivity contribution in [1.82, 2.24) is 10.2 Å². The summed E-state index contributed by atoms with van der Waals surface area (Å²) in [6.45, 7) is 7.11. The number of nitrogens with zero attached hydrogens (tertiary/aromatic N) is 2. The molecule has 0 radical (unpaired) electrons. The highest BCUT2D eigenvalue weighted by atomic mass is 127. The summed E-state index contributed by atoms with van der Waals surface area (Å²) in [4.78, 5) is 6.79. The third-order valence-corrected chi connectivity index (χ3v) is 4.61. The molecular weight excluding hydrogens is 429 g/mol. The number of aliphatic imine (C=N–C) groups is 1. The molecule has 5 nitrogen and oxygen atoms in total. The number of piperidine rings is 1. The van der Waals surface area contributed by atoms with Gasteiger partial charge in [-0.3, -0.25) is 4.99 Å². The number of nitrogens with one attached hydrogen (secondary N) is 1. The first-order chi connectivity index (χ1) is 11.8. The van der Waals surface area contributed by atoms with Crippen LogP contribution in [0, 0.1) is 5.92 Å². The van der Waals surface area contributed by atoms with Crippen LogP contribution in [0.15, 0.2) is 35.3 Å². The van der Waals surface area contributed by atoms with Crippen LogP contribution < -0.4 is 5.32 Å². The number of benzene rings is 1. The third kappa shape index (κ3) is 7.11. The minimum absolute atomic E-state index is 0. The fraction of sp³-hybridized carbons (Fsp3) is 0.632. The van der Waals surface area contributed by atoms with Gasteiger partial charge < -0.3 is 19.7 Å². The lowest BCUT2D eigenvalue weighted by Gasteiger charge is -2.38. The van der Waals surface area contributed by atoms with Crippen LogP contribution in [0.25, 0.3) is 0 Å². The van der Waals surface area contributed by atoms with E-state index in [0.717, 1.165) is 32.0 Å². The molecule has 0 saturated carbocycles. The van der Waals surface area contributed by atoms with Crippen molar-refractivity contribution in [1.29, 1.82) is 0 Å². The molecule has 0 aliphatic carbocycles. The molecule has 2 atom stereocenters. The van der Waals surface area contributed by atoms with E-state index in [1.54, 1.807) is 7.11 Å². The van der Waals surface area contributed by atoms with Crippen LogP contribution in [-0.4, -0.2) is 64.5 Å². The second kappa shape index (κ2) is 12.5. The molecule has 1 fully saturated rings. The van der Waals surface area contributed by atoms with Crippen molar-refractivity contribution in [3.63, 3.8) is 0 Å². The van der Waals surface area contributed by atoms with Gasteiger partial charge in [0.25, 0.3) is 0 Å². The summed E-state index contributed by atoms with van der Waals surface area (Å²) in [5.41, 5.74) is 1.46. The van der Waals surface area contributed by atoms with Gasteiger partial charge in [-0.15, -0.1) is 24.0 Å². The fourth-order valence-electron chi connectivity index (χ4n) is 3.35. The summed E-state index contributed by atoms with van der Waals surface area (Å²) in [6.07, 6.45) is 1.16. The molecule has 0 aromatic heterocycles. The van der Waals surface area contributed by atoms with Crippen molar-refractivity contribution >= 4 is 29.9 Å². The van der Waals surface area contributed by atoms with E-state index in [-0.39, 0.29) is 24.0 Å². The van der Waals surface area contributed by atoms with Crippen LogP contribution in [0.1, 0.15) is 24.8 Å². The number of rotatable bonds is 7. The number of hydrogen-bond donors (Lipinski definition) is 1. The zero-order valence-corrected chi connectivity index (χ0v) is 17.9. The molecule has 142 valence electrons. The smallest absolute Gasteiger partial charge is 0.193 e. The van der Waals surface area contributed by atoms with Gasteiger partial charge in [0, 0.05) is 33.8 Å². The normalized spacial score (nSPS) is 20.9. The topological polar surface area (TPSA) is 46.1 Å². The van der Waals surface area contributed by atoms with Crippen molar-refractivity contribution in [2.75, 3.05) is 53.6 Å². The summed E-state index contributed by atoms with van der Waals surface area (Å²) in [7, 11) is 3.53. The Kier molecular flexibility index (Phi) is 11.1. The zero-order chi connectivity index (χ0) is 17.2.